The van der Waals surface area contributed by atoms with Crippen molar-refractivity contribution < 1.29 is 0 Å². The van der Waals surface area contributed by atoms with E-state index in [4.69, 9.17) is 4.98 Å². The van der Waals surface area contributed by atoms with E-state index in [2.05, 4.69) is 31.0 Å². The second-order valence-electron chi connectivity index (χ2n) is 5.48. The Bertz CT molecular complexity index is 388. The molecule has 0 aromatic carbocycles. The minimum Gasteiger partial charge on any atom is -0.348 e. The van der Waals surface area contributed by atoms with Crippen LogP contribution in [0.25, 0.3) is 0 Å². The molecule has 1 saturated heterocycles. The summed E-state index contributed by atoms with van der Waals surface area (Å²) in [4.78, 5) is 8.80. The van der Waals surface area contributed by atoms with Crippen molar-refractivity contribution in [1.82, 2.24) is 10.3 Å². The molecule has 1 fully saturated rings. The molecule has 1 aromatic heterocycles. The van der Waals surface area contributed by atoms with Crippen molar-refractivity contribution in [3.63, 3.8) is 0 Å². The second-order valence-corrected chi connectivity index (χ2v) is 6.55. The largest absolute Gasteiger partial charge is 0.348 e. The first-order chi connectivity index (χ1) is 8.65. The van der Waals surface area contributed by atoms with Crippen LogP contribution in [0.15, 0.2) is 0 Å². The number of nitrogens with zero attached hydrogens (tertiary/aromatic N) is 2. The van der Waals surface area contributed by atoms with Crippen LogP contribution in [-0.4, -0.2) is 25.1 Å². The first-order valence-corrected chi connectivity index (χ1v) is 7.86. The van der Waals surface area contributed by atoms with Crippen LogP contribution in [0, 0.1) is 5.92 Å². The Morgan fingerprint density at radius 2 is 2.33 bits per heavy atom. The highest BCUT2D eigenvalue weighted by Gasteiger charge is 2.24. The maximum absolute atomic E-state index is 4.92. The van der Waals surface area contributed by atoms with Crippen LogP contribution in [0.1, 0.15) is 50.1 Å². The van der Waals surface area contributed by atoms with Gasteiger partial charge in [0.1, 0.15) is 0 Å². The fraction of sp³-hybridized carbons (Fsp3) is 0.786. The zero-order valence-corrected chi connectivity index (χ0v) is 12.8. The minimum atomic E-state index is 0.568. The van der Waals surface area contributed by atoms with Gasteiger partial charge in [0.05, 0.1) is 5.69 Å². The number of hydrogen-bond acceptors (Lipinski definition) is 4. The van der Waals surface area contributed by atoms with Gasteiger partial charge in [-0.1, -0.05) is 20.8 Å². The van der Waals surface area contributed by atoms with Crippen LogP contribution in [0.4, 0.5) is 5.13 Å². The molecule has 0 aliphatic carbocycles. The van der Waals surface area contributed by atoms with Crippen LogP contribution >= 0.6 is 11.3 Å². The van der Waals surface area contributed by atoms with Crippen molar-refractivity contribution in [2.75, 3.05) is 25.0 Å². The van der Waals surface area contributed by atoms with E-state index in [1.807, 2.05) is 18.4 Å². The zero-order chi connectivity index (χ0) is 13.1. The Morgan fingerprint density at radius 3 is 2.89 bits per heavy atom. The molecule has 2 atom stereocenters. The van der Waals surface area contributed by atoms with Crippen molar-refractivity contribution in [3.05, 3.63) is 10.6 Å². The monoisotopic (exact) mass is 267 g/mol. The number of aromatic nitrogens is 1. The Morgan fingerprint density at radius 1 is 1.56 bits per heavy atom. The van der Waals surface area contributed by atoms with Crippen molar-refractivity contribution in [2.45, 2.75) is 46.1 Å². The molecular formula is C14H25N3S. The normalized spacial score (nSPS) is 21.6. The van der Waals surface area contributed by atoms with E-state index in [1.165, 1.54) is 35.2 Å². The number of hydrogen-bond donors (Lipinski definition) is 1. The molecular weight excluding hydrogens is 242 g/mol. The third-order valence-electron chi connectivity index (χ3n) is 3.83. The molecule has 0 amide bonds. The predicted molar refractivity (Wildman–Crippen MR) is 79.6 cm³/mol. The lowest BCUT2D eigenvalue weighted by Gasteiger charge is -2.13. The van der Waals surface area contributed by atoms with Gasteiger partial charge in [0, 0.05) is 24.5 Å². The maximum Gasteiger partial charge on any atom is 0.185 e. The van der Waals surface area contributed by atoms with E-state index in [-0.39, 0.29) is 0 Å². The number of nitrogens with one attached hydrogen (secondary N) is 1. The molecule has 2 rings (SSSR count). The molecule has 4 heteroatoms. The van der Waals surface area contributed by atoms with Crippen LogP contribution in [0.5, 0.6) is 0 Å². The summed E-state index contributed by atoms with van der Waals surface area (Å²) in [5, 5.41) is 4.50. The van der Waals surface area contributed by atoms with Gasteiger partial charge in [0.2, 0.25) is 0 Å². The van der Waals surface area contributed by atoms with E-state index in [0.29, 0.717) is 5.92 Å². The van der Waals surface area contributed by atoms with E-state index < -0.39 is 0 Å². The van der Waals surface area contributed by atoms with E-state index in [0.717, 1.165) is 18.9 Å². The summed E-state index contributed by atoms with van der Waals surface area (Å²) >= 11 is 1.88. The highest BCUT2D eigenvalue weighted by molar-refractivity contribution is 7.15. The third kappa shape index (κ3) is 2.86. The molecule has 2 heterocycles. The van der Waals surface area contributed by atoms with Gasteiger partial charge in [-0.2, -0.15) is 0 Å². The topological polar surface area (TPSA) is 28.2 Å². The molecule has 1 aromatic rings. The van der Waals surface area contributed by atoms with Crippen molar-refractivity contribution in [3.8, 4) is 0 Å². The van der Waals surface area contributed by atoms with Crippen LogP contribution in [-0.2, 0) is 6.54 Å². The Hall–Kier alpha value is -0.610. The first kappa shape index (κ1) is 13.8. The fourth-order valence-corrected chi connectivity index (χ4v) is 3.69. The van der Waals surface area contributed by atoms with Gasteiger partial charge in [-0.25, -0.2) is 4.98 Å². The summed E-state index contributed by atoms with van der Waals surface area (Å²) in [5.41, 5.74) is 1.31. The molecule has 0 bridgehead atoms. The Labute approximate surface area is 115 Å². The van der Waals surface area contributed by atoms with Gasteiger partial charge in [-0.3, -0.25) is 0 Å². The molecule has 3 nitrogen and oxygen atoms in total. The zero-order valence-electron chi connectivity index (χ0n) is 12.0. The molecule has 18 heavy (non-hydrogen) atoms. The van der Waals surface area contributed by atoms with Gasteiger partial charge in [-0.05, 0) is 31.7 Å². The second kappa shape index (κ2) is 6.02. The van der Waals surface area contributed by atoms with Crippen molar-refractivity contribution >= 4 is 16.5 Å². The smallest absolute Gasteiger partial charge is 0.185 e. The molecule has 1 N–H and O–H groups in total. The molecule has 0 radical (unpaired) electrons. The number of thiazole rings is 1. The maximum atomic E-state index is 4.92. The van der Waals surface area contributed by atoms with Gasteiger partial charge in [0.15, 0.2) is 5.13 Å². The molecule has 0 saturated carbocycles. The minimum absolute atomic E-state index is 0.568. The molecule has 102 valence electrons. The van der Waals surface area contributed by atoms with Crippen molar-refractivity contribution in [1.29, 1.82) is 0 Å². The van der Waals surface area contributed by atoms with E-state index >= 15 is 0 Å². The lowest BCUT2D eigenvalue weighted by Crippen LogP contribution is -2.18. The summed E-state index contributed by atoms with van der Waals surface area (Å²) in [5.74, 6) is 1.38. The molecule has 2 unspecified atom stereocenters. The molecule has 1 aliphatic heterocycles. The first-order valence-electron chi connectivity index (χ1n) is 7.04. The van der Waals surface area contributed by atoms with E-state index in [9.17, 15) is 0 Å². The van der Waals surface area contributed by atoms with Gasteiger partial charge in [0.25, 0.3) is 0 Å². The SMILES string of the molecule is CCC(C)c1nc(N2CCC(C)C2)sc1CNC. The molecule has 0 spiro atoms. The van der Waals surface area contributed by atoms with Gasteiger partial charge < -0.3 is 10.2 Å². The summed E-state index contributed by atoms with van der Waals surface area (Å²) in [6.45, 7) is 10.1. The Balaban J connectivity index is 2.21. The van der Waals surface area contributed by atoms with Crippen molar-refractivity contribution in [2.24, 2.45) is 5.92 Å². The fourth-order valence-electron chi connectivity index (χ4n) is 2.46. The Kier molecular flexibility index (Phi) is 4.62. The average molecular weight is 267 g/mol. The average Bonchev–Trinajstić information content (AvgIpc) is 2.95. The predicted octanol–water partition coefficient (Wildman–Crippen LogP) is 3.22. The quantitative estimate of drug-likeness (QED) is 0.888. The van der Waals surface area contributed by atoms with Gasteiger partial charge >= 0.3 is 0 Å². The lowest BCUT2D eigenvalue weighted by atomic mass is 10.0. The van der Waals surface area contributed by atoms with Crippen LogP contribution < -0.4 is 10.2 Å². The van der Waals surface area contributed by atoms with Gasteiger partial charge in [-0.15, -0.1) is 11.3 Å². The summed E-state index contributed by atoms with van der Waals surface area (Å²) < 4.78 is 0. The molecule has 1 aliphatic rings. The van der Waals surface area contributed by atoms with Crippen LogP contribution in [0.2, 0.25) is 0 Å². The summed E-state index contributed by atoms with van der Waals surface area (Å²) in [6, 6.07) is 0. The van der Waals surface area contributed by atoms with Crippen LogP contribution in [0.3, 0.4) is 0 Å². The summed E-state index contributed by atoms with van der Waals surface area (Å²) in [6.07, 6.45) is 2.47. The highest BCUT2D eigenvalue weighted by Crippen LogP contribution is 2.34. The number of anilines is 1. The highest BCUT2D eigenvalue weighted by atomic mass is 32.1. The van der Waals surface area contributed by atoms with E-state index in [1.54, 1.807) is 0 Å². The number of rotatable bonds is 5. The summed E-state index contributed by atoms with van der Waals surface area (Å²) in [7, 11) is 2.01. The third-order valence-corrected chi connectivity index (χ3v) is 4.96. The lowest BCUT2D eigenvalue weighted by molar-refractivity contribution is 0.658. The standard InChI is InChI=1S/C14H25N3S/c1-5-11(3)13-12(8-15-4)18-14(16-13)17-7-6-10(2)9-17/h10-11,15H,5-9H2,1-4H3.